The average molecular weight is 395 g/mol. The van der Waals surface area contributed by atoms with Crippen LogP contribution in [-0.2, 0) is 0 Å². The standard InChI is InChI=1S/C14H15Cl4N5/c15-7-6-8(16)11(10(18)9(7)17)23-13(20)21-12(19)22-14(23)4-2-1-3-5-14/h6H,1-5H2,(H4,19,20,21,22). The Morgan fingerprint density at radius 1 is 0.957 bits per heavy atom. The van der Waals surface area contributed by atoms with Crippen LogP contribution in [0.4, 0.5) is 5.69 Å². The van der Waals surface area contributed by atoms with Gasteiger partial charge in [-0.1, -0.05) is 52.8 Å². The first-order valence-electron chi connectivity index (χ1n) is 7.18. The zero-order chi connectivity index (χ0) is 16.8. The highest BCUT2D eigenvalue weighted by molar-refractivity contribution is 6.51. The molecule has 3 rings (SSSR count). The molecule has 1 heterocycles. The number of benzene rings is 1. The summed E-state index contributed by atoms with van der Waals surface area (Å²) in [7, 11) is 0. The second kappa shape index (κ2) is 6.20. The quantitative estimate of drug-likeness (QED) is 0.546. The van der Waals surface area contributed by atoms with E-state index in [9.17, 15) is 0 Å². The number of rotatable bonds is 1. The second-order valence-electron chi connectivity index (χ2n) is 5.64. The molecule has 0 atom stereocenters. The molecule has 1 aromatic rings. The van der Waals surface area contributed by atoms with Crippen LogP contribution in [0.3, 0.4) is 0 Å². The van der Waals surface area contributed by atoms with Gasteiger partial charge >= 0.3 is 0 Å². The largest absolute Gasteiger partial charge is 0.369 e. The van der Waals surface area contributed by atoms with Gasteiger partial charge in [0.25, 0.3) is 0 Å². The van der Waals surface area contributed by atoms with Gasteiger partial charge in [-0.25, -0.2) is 4.99 Å². The van der Waals surface area contributed by atoms with Gasteiger partial charge in [0.05, 0.1) is 25.8 Å². The van der Waals surface area contributed by atoms with Crippen LogP contribution in [0.15, 0.2) is 16.1 Å². The first-order chi connectivity index (χ1) is 10.9. The fourth-order valence-electron chi connectivity index (χ4n) is 3.21. The van der Waals surface area contributed by atoms with Gasteiger partial charge in [-0.15, -0.1) is 0 Å². The maximum absolute atomic E-state index is 6.41. The number of aliphatic imine (C=N–C) groups is 2. The fraction of sp³-hybridized carbons (Fsp3) is 0.429. The Balaban J connectivity index is 2.21. The number of hydrogen-bond acceptors (Lipinski definition) is 5. The normalized spacial score (nSPS) is 20.4. The number of halogens is 4. The predicted octanol–water partition coefficient (Wildman–Crippen LogP) is 4.41. The van der Waals surface area contributed by atoms with Gasteiger partial charge in [-0.05, 0) is 31.7 Å². The molecule has 9 heteroatoms. The molecule has 1 saturated carbocycles. The summed E-state index contributed by atoms with van der Waals surface area (Å²) in [4.78, 5) is 10.4. The van der Waals surface area contributed by atoms with E-state index in [0.717, 1.165) is 32.1 Å². The Morgan fingerprint density at radius 2 is 1.61 bits per heavy atom. The first-order valence-corrected chi connectivity index (χ1v) is 8.69. The van der Waals surface area contributed by atoms with E-state index in [1.165, 1.54) is 6.07 Å². The highest BCUT2D eigenvalue weighted by Gasteiger charge is 2.44. The highest BCUT2D eigenvalue weighted by atomic mass is 35.5. The van der Waals surface area contributed by atoms with E-state index in [1.807, 2.05) is 0 Å². The SMILES string of the molecule is NC1=NC2(CCCCC2)N(c2c(Cl)cc(Cl)c(Cl)c2Cl)C(N)=N1. The molecule has 0 saturated heterocycles. The van der Waals surface area contributed by atoms with Crippen molar-refractivity contribution in [3.8, 4) is 0 Å². The van der Waals surface area contributed by atoms with Crippen molar-refractivity contribution in [2.75, 3.05) is 4.90 Å². The van der Waals surface area contributed by atoms with Crippen LogP contribution in [0.25, 0.3) is 0 Å². The monoisotopic (exact) mass is 393 g/mol. The molecule has 0 bridgehead atoms. The van der Waals surface area contributed by atoms with Crippen molar-refractivity contribution in [1.29, 1.82) is 0 Å². The molecule has 1 aromatic carbocycles. The lowest BCUT2D eigenvalue weighted by atomic mass is 9.87. The summed E-state index contributed by atoms with van der Waals surface area (Å²) in [6, 6.07) is 1.54. The third-order valence-corrected chi connectivity index (χ3v) is 5.71. The maximum atomic E-state index is 6.41. The van der Waals surface area contributed by atoms with E-state index >= 15 is 0 Å². The summed E-state index contributed by atoms with van der Waals surface area (Å²) in [5, 5.41) is 1.05. The molecule has 0 unspecified atom stereocenters. The number of hydrogen-bond donors (Lipinski definition) is 2. The molecule has 0 amide bonds. The third kappa shape index (κ3) is 2.84. The molecular formula is C14H15Cl4N5. The van der Waals surface area contributed by atoms with Crippen LogP contribution in [-0.4, -0.2) is 17.6 Å². The summed E-state index contributed by atoms with van der Waals surface area (Å²) >= 11 is 25.0. The molecule has 23 heavy (non-hydrogen) atoms. The summed E-state index contributed by atoms with van der Waals surface area (Å²) in [6.45, 7) is 0. The molecule has 2 aliphatic rings. The van der Waals surface area contributed by atoms with E-state index in [1.54, 1.807) is 4.90 Å². The Hall–Kier alpha value is -0.880. The molecule has 1 spiro atoms. The average Bonchev–Trinajstić information content (AvgIpc) is 2.48. The topological polar surface area (TPSA) is 80.0 Å². The predicted molar refractivity (Wildman–Crippen MR) is 98.0 cm³/mol. The summed E-state index contributed by atoms with van der Waals surface area (Å²) < 4.78 is 0. The van der Waals surface area contributed by atoms with E-state index in [4.69, 9.17) is 57.9 Å². The molecule has 124 valence electrons. The molecule has 5 nitrogen and oxygen atoms in total. The third-order valence-electron chi connectivity index (χ3n) is 4.16. The van der Waals surface area contributed by atoms with Gasteiger partial charge in [0.2, 0.25) is 11.9 Å². The van der Waals surface area contributed by atoms with Crippen molar-refractivity contribution in [2.45, 2.75) is 37.8 Å². The molecule has 4 N–H and O–H groups in total. The van der Waals surface area contributed by atoms with Crippen LogP contribution in [0.2, 0.25) is 20.1 Å². The fourth-order valence-corrected chi connectivity index (χ4v) is 4.28. The van der Waals surface area contributed by atoms with Crippen molar-refractivity contribution in [1.82, 2.24) is 0 Å². The van der Waals surface area contributed by atoms with Crippen LogP contribution in [0, 0.1) is 0 Å². The van der Waals surface area contributed by atoms with Crippen LogP contribution in [0.5, 0.6) is 0 Å². The van der Waals surface area contributed by atoms with E-state index in [0.29, 0.717) is 10.7 Å². The summed E-state index contributed by atoms with van der Waals surface area (Å²) in [6.07, 6.45) is 4.67. The van der Waals surface area contributed by atoms with Crippen LogP contribution < -0.4 is 16.4 Å². The van der Waals surface area contributed by atoms with Crippen molar-refractivity contribution in [3.05, 3.63) is 26.2 Å². The number of nitrogens with two attached hydrogens (primary N) is 2. The van der Waals surface area contributed by atoms with Crippen LogP contribution >= 0.6 is 46.4 Å². The first kappa shape index (κ1) is 17.0. The molecule has 0 aromatic heterocycles. The molecule has 1 aliphatic carbocycles. The zero-order valence-corrected chi connectivity index (χ0v) is 15.1. The minimum absolute atomic E-state index is 0.160. The smallest absolute Gasteiger partial charge is 0.220 e. The van der Waals surface area contributed by atoms with Crippen molar-refractivity contribution in [3.63, 3.8) is 0 Å². The molecule has 1 aliphatic heterocycles. The highest BCUT2D eigenvalue weighted by Crippen LogP contribution is 2.48. The van der Waals surface area contributed by atoms with Gasteiger partial charge < -0.3 is 11.5 Å². The minimum Gasteiger partial charge on any atom is -0.369 e. The van der Waals surface area contributed by atoms with Gasteiger partial charge in [-0.3, -0.25) is 4.90 Å². The van der Waals surface area contributed by atoms with Crippen molar-refractivity contribution in [2.24, 2.45) is 21.5 Å². The number of anilines is 1. The Morgan fingerprint density at radius 3 is 2.26 bits per heavy atom. The molecule has 1 fully saturated rings. The van der Waals surface area contributed by atoms with Crippen molar-refractivity contribution >= 4 is 64.0 Å². The second-order valence-corrected chi connectivity index (χ2v) is 7.21. The Kier molecular flexibility index (Phi) is 4.58. The van der Waals surface area contributed by atoms with Crippen molar-refractivity contribution < 1.29 is 0 Å². The number of nitrogens with zero attached hydrogens (tertiary/aromatic N) is 3. The lowest BCUT2D eigenvalue weighted by Gasteiger charge is -2.46. The lowest BCUT2D eigenvalue weighted by molar-refractivity contribution is 0.305. The van der Waals surface area contributed by atoms with E-state index in [2.05, 4.69) is 9.98 Å². The maximum Gasteiger partial charge on any atom is 0.220 e. The Bertz CT molecular complexity index is 710. The molecular weight excluding hydrogens is 380 g/mol. The summed E-state index contributed by atoms with van der Waals surface area (Å²) in [5.41, 5.74) is 11.8. The van der Waals surface area contributed by atoms with Gasteiger partial charge in [0.1, 0.15) is 5.66 Å². The van der Waals surface area contributed by atoms with E-state index < -0.39 is 5.66 Å². The molecule has 0 radical (unpaired) electrons. The minimum atomic E-state index is -0.640. The van der Waals surface area contributed by atoms with E-state index in [-0.39, 0.29) is 27.0 Å². The number of guanidine groups is 2. The van der Waals surface area contributed by atoms with Gasteiger partial charge in [-0.2, -0.15) is 4.99 Å². The van der Waals surface area contributed by atoms with Crippen LogP contribution in [0.1, 0.15) is 32.1 Å². The lowest BCUT2D eigenvalue weighted by Crippen LogP contribution is -2.58. The van der Waals surface area contributed by atoms with Gasteiger partial charge in [0, 0.05) is 0 Å². The summed E-state index contributed by atoms with van der Waals surface area (Å²) in [5.74, 6) is 0.356. The zero-order valence-electron chi connectivity index (χ0n) is 12.1. The Labute approximate surface area is 154 Å². The van der Waals surface area contributed by atoms with Gasteiger partial charge in [0.15, 0.2) is 0 Å².